The Bertz CT molecular complexity index is 1550. The molecule has 41 heavy (non-hydrogen) atoms. The molecule has 0 radical (unpaired) electrons. The second kappa shape index (κ2) is 10.7. The third-order valence-corrected chi connectivity index (χ3v) is 8.57. The fraction of sp³-hybridized carbons (Fsp3) is 0.419. The summed E-state index contributed by atoms with van der Waals surface area (Å²) in [6.07, 6.45) is 12.7. The van der Waals surface area contributed by atoms with Gasteiger partial charge < -0.3 is 25.6 Å². The minimum absolute atomic E-state index is 0.0517. The standard InChI is InChI=1S/C31H36N6O4/c1-29(2,40)20-41-24-13-25(27-23(15-32)17-35-37(27)18-24)22-6-7-26(34-16-22)36-11-9-30(3,10-12-36)31(19-38)8-4-5-21(14-31)28(33)39/h4-8,13,16-18,38,40H,9-12,14,19-20H2,1-3H3,(H2,33,39). The van der Waals surface area contributed by atoms with Crippen LogP contribution < -0.4 is 15.4 Å². The zero-order valence-electron chi connectivity index (χ0n) is 23.7. The molecule has 0 aromatic carbocycles. The number of pyridine rings is 2. The van der Waals surface area contributed by atoms with Crippen LogP contribution in [0.25, 0.3) is 16.6 Å². The molecule has 0 spiro atoms. The first kappa shape index (κ1) is 28.3. The number of carbonyl (C=O) groups excluding carboxylic acids is 1. The molecule has 4 heterocycles. The minimum atomic E-state index is -1.00. The van der Waals surface area contributed by atoms with E-state index in [2.05, 4.69) is 23.0 Å². The van der Waals surface area contributed by atoms with Crippen LogP contribution in [0.15, 0.2) is 60.6 Å². The molecule has 214 valence electrons. The highest BCUT2D eigenvalue weighted by molar-refractivity contribution is 5.92. The number of amides is 1. The Balaban J connectivity index is 1.36. The van der Waals surface area contributed by atoms with Gasteiger partial charge in [0.25, 0.3) is 0 Å². The molecule has 10 nitrogen and oxygen atoms in total. The average Bonchev–Trinajstić information content (AvgIpc) is 3.39. The van der Waals surface area contributed by atoms with E-state index in [1.165, 1.54) is 6.20 Å². The molecule has 1 unspecified atom stereocenters. The number of nitrogens with zero attached hydrogens (tertiary/aromatic N) is 5. The lowest BCUT2D eigenvalue weighted by Crippen LogP contribution is -2.50. The van der Waals surface area contributed by atoms with Gasteiger partial charge >= 0.3 is 0 Å². The zero-order valence-corrected chi connectivity index (χ0v) is 23.7. The Morgan fingerprint density at radius 2 is 2.02 bits per heavy atom. The summed E-state index contributed by atoms with van der Waals surface area (Å²) in [6, 6.07) is 7.99. The van der Waals surface area contributed by atoms with Crippen molar-refractivity contribution in [3.8, 4) is 22.9 Å². The number of piperidine rings is 1. The number of nitrogens with two attached hydrogens (primary N) is 1. The van der Waals surface area contributed by atoms with Crippen LogP contribution in [0.5, 0.6) is 5.75 Å². The molecule has 4 N–H and O–H groups in total. The molecule has 10 heteroatoms. The van der Waals surface area contributed by atoms with Crippen molar-refractivity contribution in [3.63, 3.8) is 0 Å². The molecular weight excluding hydrogens is 520 g/mol. The summed E-state index contributed by atoms with van der Waals surface area (Å²) < 4.78 is 7.45. The van der Waals surface area contributed by atoms with Gasteiger partial charge in [0.15, 0.2) is 0 Å². The second-order valence-corrected chi connectivity index (χ2v) is 12.0. The van der Waals surface area contributed by atoms with E-state index in [0.717, 1.165) is 42.9 Å². The van der Waals surface area contributed by atoms with Crippen molar-refractivity contribution in [1.29, 1.82) is 5.26 Å². The van der Waals surface area contributed by atoms with Gasteiger partial charge in [-0.05, 0) is 56.7 Å². The van der Waals surface area contributed by atoms with Crippen LogP contribution in [-0.4, -0.2) is 62.6 Å². The third kappa shape index (κ3) is 5.43. The van der Waals surface area contributed by atoms with E-state index < -0.39 is 16.9 Å². The Morgan fingerprint density at radius 1 is 1.27 bits per heavy atom. The summed E-state index contributed by atoms with van der Waals surface area (Å²) in [5, 5.41) is 34.6. The molecule has 1 aliphatic carbocycles. The first-order chi connectivity index (χ1) is 19.5. The van der Waals surface area contributed by atoms with Crippen molar-refractivity contribution in [2.75, 3.05) is 31.2 Å². The predicted octanol–water partition coefficient (Wildman–Crippen LogP) is 3.37. The average molecular weight is 557 g/mol. The predicted molar refractivity (Wildman–Crippen MR) is 155 cm³/mol. The Hall–Kier alpha value is -4.20. The normalized spacial score (nSPS) is 20.5. The number of anilines is 1. The first-order valence-electron chi connectivity index (χ1n) is 13.7. The third-order valence-electron chi connectivity index (χ3n) is 8.57. The number of aromatic nitrogens is 3. The van der Waals surface area contributed by atoms with Gasteiger partial charge in [0.2, 0.25) is 5.91 Å². The van der Waals surface area contributed by atoms with Gasteiger partial charge in [-0.1, -0.05) is 25.2 Å². The number of hydrogen-bond acceptors (Lipinski definition) is 8. The van der Waals surface area contributed by atoms with Crippen molar-refractivity contribution in [3.05, 3.63) is 66.2 Å². The maximum absolute atomic E-state index is 11.9. The van der Waals surface area contributed by atoms with Gasteiger partial charge in [-0.2, -0.15) is 10.4 Å². The number of carbonyl (C=O) groups is 1. The summed E-state index contributed by atoms with van der Waals surface area (Å²) in [5.74, 6) is 0.915. The van der Waals surface area contributed by atoms with Crippen molar-refractivity contribution in [1.82, 2.24) is 14.6 Å². The number of nitriles is 1. The van der Waals surface area contributed by atoms with Crippen LogP contribution in [0.4, 0.5) is 5.82 Å². The number of ether oxygens (including phenoxy) is 1. The van der Waals surface area contributed by atoms with E-state index in [9.17, 15) is 20.3 Å². The zero-order chi connectivity index (χ0) is 29.4. The monoisotopic (exact) mass is 556 g/mol. The van der Waals surface area contributed by atoms with Crippen molar-refractivity contribution < 1.29 is 19.7 Å². The minimum Gasteiger partial charge on any atom is -0.489 e. The first-order valence-corrected chi connectivity index (χ1v) is 13.7. The van der Waals surface area contributed by atoms with E-state index in [0.29, 0.717) is 28.8 Å². The molecule has 1 aliphatic heterocycles. The molecule has 1 fully saturated rings. The fourth-order valence-corrected chi connectivity index (χ4v) is 5.89. The van der Waals surface area contributed by atoms with Crippen molar-refractivity contribution in [2.45, 2.75) is 45.6 Å². The lowest BCUT2D eigenvalue weighted by Gasteiger charge is -2.51. The van der Waals surface area contributed by atoms with E-state index >= 15 is 0 Å². The van der Waals surface area contributed by atoms with Crippen molar-refractivity contribution in [2.24, 2.45) is 16.6 Å². The van der Waals surface area contributed by atoms with Crippen molar-refractivity contribution >= 4 is 17.2 Å². The lowest BCUT2D eigenvalue weighted by atomic mass is 9.56. The molecular formula is C31H36N6O4. The number of aliphatic hydroxyl groups excluding tert-OH is 1. The Kier molecular flexibility index (Phi) is 7.36. The molecule has 1 amide bonds. The highest BCUT2D eigenvalue weighted by Gasteiger charge is 2.49. The maximum Gasteiger partial charge on any atom is 0.244 e. The smallest absolute Gasteiger partial charge is 0.244 e. The topological polar surface area (TPSA) is 150 Å². The SMILES string of the molecule is CC(C)(O)COc1cc(-c2ccc(N3CCC(C)(C4(CO)C=CC=C(C(N)=O)C4)CC3)nc2)c2c(C#N)cnn2c1. The van der Waals surface area contributed by atoms with Gasteiger partial charge in [-0.3, -0.25) is 4.79 Å². The summed E-state index contributed by atoms with van der Waals surface area (Å²) in [5.41, 5.74) is 7.02. The van der Waals surface area contributed by atoms with Gasteiger partial charge in [-0.15, -0.1) is 0 Å². The van der Waals surface area contributed by atoms with E-state index in [4.69, 9.17) is 15.5 Å². The van der Waals surface area contributed by atoms with Gasteiger partial charge in [0, 0.05) is 41.4 Å². The number of hydrogen-bond donors (Lipinski definition) is 3. The Morgan fingerprint density at radius 3 is 2.63 bits per heavy atom. The summed E-state index contributed by atoms with van der Waals surface area (Å²) >= 11 is 0. The van der Waals surface area contributed by atoms with Crippen LogP contribution in [0, 0.1) is 22.2 Å². The number of rotatable bonds is 8. The number of aliphatic hydroxyl groups is 2. The van der Waals surface area contributed by atoms with E-state index in [-0.39, 0.29) is 18.6 Å². The quantitative estimate of drug-likeness (QED) is 0.382. The van der Waals surface area contributed by atoms with Gasteiger partial charge in [0.1, 0.15) is 24.2 Å². The van der Waals surface area contributed by atoms with Crippen LogP contribution in [0.2, 0.25) is 0 Å². The molecule has 0 bridgehead atoms. The lowest BCUT2D eigenvalue weighted by molar-refractivity contribution is -0.115. The molecule has 3 aromatic heterocycles. The Labute approximate surface area is 239 Å². The van der Waals surface area contributed by atoms with Crippen LogP contribution in [-0.2, 0) is 4.79 Å². The molecule has 3 aromatic rings. The molecule has 1 atom stereocenters. The maximum atomic E-state index is 11.9. The van der Waals surface area contributed by atoms with Crippen LogP contribution in [0.1, 0.15) is 45.6 Å². The van der Waals surface area contributed by atoms with Crippen LogP contribution in [0.3, 0.4) is 0 Å². The molecule has 5 rings (SSSR count). The number of allylic oxidation sites excluding steroid dienone is 2. The summed E-state index contributed by atoms with van der Waals surface area (Å²) in [4.78, 5) is 18.9. The fourth-order valence-electron chi connectivity index (χ4n) is 5.89. The molecule has 1 saturated heterocycles. The van der Waals surface area contributed by atoms with Crippen LogP contribution >= 0.6 is 0 Å². The molecule has 0 saturated carbocycles. The number of primary amides is 1. The van der Waals surface area contributed by atoms with Gasteiger partial charge in [0.05, 0.1) is 35.7 Å². The number of fused-ring (bicyclic) bond motifs is 1. The van der Waals surface area contributed by atoms with Gasteiger partial charge in [-0.25, -0.2) is 9.50 Å². The second-order valence-electron chi connectivity index (χ2n) is 12.0. The molecule has 2 aliphatic rings. The van der Waals surface area contributed by atoms with E-state index in [1.807, 2.05) is 30.4 Å². The van der Waals surface area contributed by atoms with E-state index in [1.54, 1.807) is 36.8 Å². The highest BCUT2D eigenvalue weighted by Crippen LogP contribution is 2.52. The largest absolute Gasteiger partial charge is 0.489 e. The highest BCUT2D eigenvalue weighted by atomic mass is 16.5. The summed E-state index contributed by atoms with van der Waals surface area (Å²) in [6.45, 7) is 7.07. The summed E-state index contributed by atoms with van der Waals surface area (Å²) in [7, 11) is 0.